The molecule has 0 aliphatic rings. The number of halogens is 1. The van der Waals surface area contributed by atoms with Crippen molar-refractivity contribution in [3.63, 3.8) is 0 Å². The summed E-state index contributed by atoms with van der Waals surface area (Å²) in [5.74, 6) is -1.35. The Morgan fingerprint density at radius 3 is 2.58 bits per heavy atom. The summed E-state index contributed by atoms with van der Waals surface area (Å²) in [6.07, 6.45) is 1.28. The number of carbonyl (C=O) groups excluding carboxylic acids is 1. The van der Waals surface area contributed by atoms with Gasteiger partial charge in [0.15, 0.2) is 0 Å². The maximum Gasteiger partial charge on any atom is 0.323 e. The molecule has 2 N–H and O–H groups in total. The molecule has 0 radical (unpaired) electrons. The molecule has 1 heterocycles. The van der Waals surface area contributed by atoms with Gasteiger partial charge in [0.25, 0.3) is 11.5 Å². The number of H-pyrrole nitrogens is 1. The van der Waals surface area contributed by atoms with Crippen LogP contribution in [0.2, 0.25) is 0 Å². The first-order chi connectivity index (χ1) is 8.81. The minimum atomic E-state index is -1.07. The molecule has 1 rings (SSSR count). The monoisotopic (exact) mass is 330 g/mol. The number of carboxylic acid groups (broad SMARTS) is 1. The topological polar surface area (TPSA) is 90.5 Å². The van der Waals surface area contributed by atoms with Crippen LogP contribution in [0.1, 0.15) is 24.2 Å². The van der Waals surface area contributed by atoms with E-state index < -0.39 is 11.9 Å². The van der Waals surface area contributed by atoms with Crippen molar-refractivity contribution in [1.82, 2.24) is 9.88 Å². The van der Waals surface area contributed by atoms with Gasteiger partial charge in [-0.1, -0.05) is 13.8 Å². The fourth-order valence-corrected chi connectivity index (χ4v) is 1.95. The number of nitrogens with zero attached hydrogens (tertiary/aromatic N) is 1. The average molecular weight is 331 g/mol. The lowest BCUT2D eigenvalue weighted by atomic mass is 10.1. The van der Waals surface area contributed by atoms with Gasteiger partial charge in [0.1, 0.15) is 6.54 Å². The highest BCUT2D eigenvalue weighted by Crippen LogP contribution is 2.10. The van der Waals surface area contributed by atoms with Gasteiger partial charge in [0, 0.05) is 12.7 Å². The van der Waals surface area contributed by atoms with Gasteiger partial charge < -0.3 is 15.0 Å². The van der Waals surface area contributed by atoms with Crippen LogP contribution in [0.25, 0.3) is 0 Å². The lowest BCUT2D eigenvalue weighted by molar-refractivity contribution is -0.137. The van der Waals surface area contributed by atoms with E-state index in [-0.39, 0.29) is 28.1 Å². The van der Waals surface area contributed by atoms with Crippen molar-refractivity contribution in [2.75, 3.05) is 13.1 Å². The molecule has 0 aliphatic carbocycles. The third-order valence-electron chi connectivity index (χ3n) is 2.30. The van der Waals surface area contributed by atoms with Gasteiger partial charge in [-0.2, -0.15) is 0 Å². The second-order valence-electron chi connectivity index (χ2n) is 4.54. The molecule has 0 saturated heterocycles. The van der Waals surface area contributed by atoms with Crippen LogP contribution in [0, 0.1) is 5.92 Å². The maximum atomic E-state index is 12.2. The summed E-state index contributed by atoms with van der Waals surface area (Å²) in [4.78, 5) is 37.8. The molecule has 0 fully saturated rings. The van der Waals surface area contributed by atoms with Gasteiger partial charge in [-0.3, -0.25) is 14.4 Å². The highest BCUT2D eigenvalue weighted by molar-refractivity contribution is 9.10. The third-order valence-corrected chi connectivity index (χ3v) is 2.89. The van der Waals surface area contributed by atoms with E-state index in [2.05, 4.69) is 20.9 Å². The first-order valence-corrected chi connectivity index (χ1v) is 6.50. The Morgan fingerprint density at radius 2 is 2.11 bits per heavy atom. The SMILES string of the molecule is CC(C)CN(CC(=O)O)C(=O)c1c[nH]c(=O)c(Br)c1. The summed E-state index contributed by atoms with van der Waals surface area (Å²) in [5, 5.41) is 8.83. The van der Waals surface area contributed by atoms with Crippen LogP contribution in [-0.4, -0.2) is 40.0 Å². The molecular weight excluding hydrogens is 316 g/mol. The molecule has 0 bridgehead atoms. The lowest BCUT2D eigenvalue weighted by Gasteiger charge is -2.22. The molecule has 19 heavy (non-hydrogen) atoms. The van der Waals surface area contributed by atoms with E-state index in [4.69, 9.17) is 5.11 Å². The minimum absolute atomic E-state index is 0.148. The Balaban J connectivity index is 3.00. The van der Waals surface area contributed by atoms with E-state index in [1.54, 1.807) is 0 Å². The molecule has 1 aromatic heterocycles. The highest BCUT2D eigenvalue weighted by atomic mass is 79.9. The zero-order valence-electron chi connectivity index (χ0n) is 10.6. The molecule has 0 aliphatic heterocycles. The molecule has 6 nitrogen and oxygen atoms in total. The lowest BCUT2D eigenvalue weighted by Crippen LogP contribution is -2.38. The van der Waals surface area contributed by atoms with Gasteiger partial charge in [-0.15, -0.1) is 0 Å². The van der Waals surface area contributed by atoms with Gasteiger partial charge >= 0.3 is 5.97 Å². The number of carbonyl (C=O) groups is 2. The summed E-state index contributed by atoms with van der Waals surface area (Å²) >= 11 is 3.03. The summed E-state index contributed by atoms with van der Waals surface area (Å²) in [5.41, 5.74) is -0.0985. The number of carboxylic acids is 1. The molecule has 7 heteroatoms. The Morgan fingerprint density at radius 1 is 1.47 bits per heavy atom. The Labute approximate surface area is 118 Å². The predicted molar refractivity (Wildman–Crippen MR) is 73.1 cm³/mol. The van der Waals surface area contributed by atoms with Crippen LogP contribution in [0.5, 0.6) is 0 Å². The molecular formula is C12H15BrN2O4. The van der Waals surface area contributed by atoms with E-state index in [1.807, 2.05) is 13.8 Å². The Hall–Kier alpha value is -1.63. The zero-order valence-corrected chi connectivity index (χ0v) is 12.2. The standard InChI is InChI=1S/C12H15BrN2O4/c1-7(2)5-15(6-10(16)17)12(19)8-3-9(13)11(18)14-4-8/h3-4,7H,5-6H2,1-2H3,(H,14,18)(H,16,17). The first kappa shape index (κ1) is 15.4. The van der Waals surface area contributed by atoms with Crippen molar-refractivity contribution in [3.8, 4) is 0 Å². The number of pyridine rings is 1. The van der Waals surface area contributed by atoms with Crippen LogP contribution in [0.4, 0.5) is 0 Å². The number of nitrogens with one attached hydrogen (secondary N) is 1. The fourth-order valence-electron chi connectivity index (χ4n) is 1.59. The van der Waals surface area contributed by atoms with Gasteiger partial charge in [-0.25, -0.2) is 0 Å². The van der Waals surface area contributed by atoms with Gasteiger partial charge in [0.05, 0.1) is 10.0 Å². The highest BCUT2D eigenvalue weighted by Gasteiger charge is 2.20. The van der Waals surface area contributed by atoms with Crippen molar-refractivity contribution in [3.05, 3.63) is 32.7 Å². The van der Waals surface area contributed by atoms with Crippen molar-refractivity contribution in [2.24, 2.45) is 5.92 Å². The second kappa shape index (κ2) is 6.51. The zero-order chi connectivity index (χ0) is 14.6. The van der Waals surface area contributed by atoms with Crippen molar-refractivity contribution < 1.29 is 14.7 Å². The van der Waals surface area contributed by atoms with Crippen molar-refractivity contribution in [1.29, 1.82) is 0 Å². The molecule has 0 atom stereocenters. The van der Waals surface area contributed by atoms with Crippen LogP contribution < -0.4 is 5.56 Å². The molecule has 104 valence electrons. The Bertz CT molecular complexity index is 539. The molecule has 0 saturated carbocycles. The largest absolute Gasteiger partial charge is 0.480 e. The minimum Gasteiger partial charge on any atom is -0.480 e. The fraction of sp³-hybridized carbons (Fsp3) is 0.417. The number of aromatic amines is 1. The van der Waals surface area contributed by atoms with E-state index in [9.17, 15) is 14.4 Å². The summed E-state index contributed by atoms with van der Waals surface area (Å²) in [6, 6.07) is 1.39. The number of aromatic nitrogens is 1. The molecule has 0 unspecified atom stereocenters. The molecule has 1 aromatic rings. The third kappa shape index (κ3) is 4.51. The number of hydrogen-bond donors (Lipinski definition) is 2. The maximum absolute atomic E-state index is 12.2. The average Bonchev–Trinajstić information content (AvgIpc) is 2.29. The summed E-state index contributed by atoms with van der Waals surface area (Å²) in [7, 11) is 0. The van der Waals surface area contributed by atoms with Crippen LogP contribution in [0.15, 0.2) is 21.5 Å². The van der Waals surface area contributed by atoms with Crippen molar-refractivity contribution in [2.45, 2.75) is 13.8 Å². The first-order valence-electron chi connectivity index (χ1n) is 5.70. The van der Waals surface area contributed by atoms with Crippen LogP contribution in [-0.2, 0) is 4.79 Å². The smallest absolute Gasteiger partial charge is 0.323 e. The number of aliphatic carboxylic acids is 1. The molecule has 0 spiro atoms. The number of hydrogen-bond acceptors (Lipinski definition) is 3. The number of rotatable bonds is 5. The molecule has 0 aromatic carbocycles. The van der Waals surface area contributed by atoms with Crippen molar-refractivity contribution >= 4 is 27.8 Å². The predicted octanol–water partition coefficient (Wildman–Crippen LogP) is 1.32. The van der Waals surface area contributed by atoms with E-state index in [1.165, 1.54) is 17.2 Å². The summed E-state index contributed by atoms with van der Waals surface area (Å²) < 4.78 is 0.234. The summed E-state index contributed by atoms with van der Waals surface area (Å²) in [6.45, 7) is 3.76. The normalized spacial score (nSPS) is 10.5. The van der Waals surface area contributed by atoms with Gasteiger partial charge in [-0.05, 0) is 27.9 Å². The van der Waals surface area contributed by atoms with E-state index >= 15 is 0 Å². The van der Waals surface area contributed by atoms with Crippen LogP contribution >= 0.6 is 15.9 Å². The van der Waals surface area contributed by atoms with E-state index in [0.717, 1.165) is 0 Å². The number of amides is 1. The quantitative estimate of drug-likeness (QED) is 0.851. The second-order valence-corrected chi connectivity index (χ2v) is 5.39. The van der Waals surface area contributed by atoms with Gasteiger partial charge in [0.2, 0.25) is 0 Å². The molecule has 1 amide bonds. The van der Waals surface area contributed by atoms with E-state index in [0.29, 0.717) is 6.54 Å². The Kier molecular flexibility index (Phi) is 5.29. The van der Waals surface area contributed by atoms with Crippen LogP contribution in [0.3, 0.4) is 0 Å².